The molecule has 5 rings (SSSR count). The number of rotatable bonds is 29. The van der Waals surface area contributed by atoms with Gasteiger partial charge in [-0.15, -0.1) is 0 Å². The molecule has 2 heterocycles. The number of fused-ring (bicyclic) bond motifs is 2. The highest BCUT2D eigenvalue weighted by Crippen LogP contribution is 2.22. The van der Waals surface area contributed by atoms with Crippen LogP contribution in [0.15, 0.2) is 101 Å². The van der Waals surface area contributed by atoms with Gasteiger partial charge in [-0.05, 0) is 75.3 Å². The molecule has 0 saturated carbocycles. The number of para-hydroxylation sites is 2. The van der Waals surface area contributed by atoms with Crippen molar-refractivity contribution in [3.8, 4) is 0 Å². The molecule has 3 aromatic carbocycles. The molecule has 78 heavy (non-hydrogen) atoms. The van der Waals surface area contributed by atoms with Crippen LogP contribution in [0.1, 0.15) is 63.1 Å². The van der Waals surface area contributed by atoms with Crippen LogP contribution in [0.25, 0.3) is 21.8 Å². The van der Waals surface area contributed by atoms with Crippen LogP contribution in [-0.2, 0) is 52.8 Å². The maximum absolute atomic E-state index is 15.1. The van der Waals surface area contributed by atoms with Gasteiger partial charge in [-0.1, -0.05) is 66.7 Å². The van der Waals surface area contributed by atoms with E-state index < -0.39 is 89.9 Å². The molecule has 0 saturated heterocycles. The van der Waals surface area contributed by atoms with Crippen LogP contribution in [0.2, 0.25) is 0 Å². The van der Waals surface area contributed by atoms with Crippen LogP contribution < -0.4 is 66.7 Å². The van der Waals surface area contributed by atoms with E-state index in [1.54, 1.807) is 69.6 Å². The molecule has 420 valence electrons. The van der Waals surface area contributed by atoms with E-state index in [9.17, 15) is 24.0 Å². The van der Waals surface area contributed by atoms with Gasteiger partial charge in [0.25, 0.3) is 0 Å². The van der Waals surface area contributed by atoms with Crippen LogP contribution in [0.3, 0.4) is 0 Å². The SMILES string of the molecule is CC(C)(C)OC(=O)N(CCN)C[C@H](NC(=O)[C@H](Cc1c[nH]c2ccccc12)NC(=O)[C@H](Cc1c[nH]c2ccccc12)NC(=O)[C@H](CCCN=C(N)N)NC(=O)[C@@H](N)CCCN=C(N)N)C(=O)N[C@@H](Cc1ccccc1)C(N)=O. The molecule has 0 radical (unpaired) electrons. The van der Waals surface area contributed by atoms with Crippen molar-refractivity contribution in [2.24, 2.45) is 50.1 Å². The Hall–Kier alpha value is -8.71. The third kappa shape index (κ3) is 18.8. The van der Waals surface area contributed by atoms with Crippen LogP contribution in [0, 0.1) is 0 Å². The number of nitrogens with one attached hydrogen (secondary N) is 7. The highest BCUT2D eigenvalue weighted by molar-refractivity contribution is 5.98. The number of carbonyl (C=O) groups excluding carboxylic acids is 7. The summed E-state index contributed by atoms with van der Waals surface area (Å²) in [5, 5.41) is 15.3. The molecule has 6 atom stereocenters. The van der Waals surface area contributed by atoms with Crippen molar-refractivity contribution in [3.05, 3.63) is 108 Å². The second kappa shape index (κ2) is 29.0. The molecule has 7 amide bonds. The Kier molecular flexibility index (Phi) is 22.4. The summed E-state index contributed by atoms with van der Waals surface area (Å²) in [5.74, 6) is -5.19. The maximum Gasteiger partial charge on any atom is 0.410 e. The van der Waals surface area contributed by atoms with Gasteiger partial charge in [-0.25, -0.2) is 4.79 Å². The van der Waals surface area contributed by atoms with E-state index in [2.05, 4.69) is 46.5 Å². The molecular formula is C53H75N17O8. The predicted octanol–water partition coefficient (Wildman–Crippen LogP) is -0.783. The molecule has 0 unspecified atom stereocenters. The van der Waals surface area contributed by atoms with Crippen molar-refractivity contribution in [2.75, 3.05) is 32.7 Å². The number of ether oxygens (including phenoxy) is 1. The zero-order chi connectivity index (χ0) is 56.9. The van der Waals surface area contributed by atoms with Gasteiger partial charge in [0.2, 0.25) is 35.4 Å². The first-order valence-corrected chi connectivity index (χ1v) is 25.6. The molecule has 2 aromatic heterocycles. The molecule has 0 spiro atoms. The van der Waals surface area contributed by atoms with Crippen molar-refractivity contribution >= 4 is 75.3 Å². The van der Waals surface area contributed by atoms with Crippen LogP contribution >= 0.6 is 0 Å². The lowest BCUT2D eigenvalue weighted by Gasteiger charge is -2.31. The van der Waals surface area contributed by atoms with Gasteiger partial charge in [0.15, 0.2) is 11.9 Å². The van der Waals surface area contributed by atoms with E-state index in [1.165, 1.54) is 0 Å². The highest BCUT2D eigenvalue weighted by Gasteiger charge is 2.36. The summed E-state index contributed by atoms with van der Waals surface area (Å²) >= 11 is 0. The number of aromatic amines is 2. The number of primary amides is 1. The number of nitrogens with zero attached hydrogens (tertiary/aromatic N) is 3. The molecule has 0 aliphatic carbocycles. The van der Waals surface area contributed by atoms with E-state index in [4.69, 9.17) is 44.9 Å². The second-order valence-electron chi connectivity index (χ2n) is 19.7. The number of guanidine groups is 2. The van der Waals surface area contributed by atoms with Gasteiger partial charge < -0.3 is 86.3 Å². The molecule has 0 aliphatic rings. The molecule has 25 heteroatoms. The van der Waals surface area contributed by atoms with Crippen LogP contribution in [0.5, 0.6) is 0 Å². The van der Waals surface area contributed by atoms with E-state index in [0.29, 0.717) is 23.1 Å². The molecule has 21 N–H and O–H groups in total. The fourth-order valence-corrected chi connectivity index (χ4v) is 8.48. The number of benzene rings is 3. The Morgan fingerprint density at radius 2 is 1.03 bits per heavy atom. The summed E-state index contributed by atoms with van der Waals surface area (Å²) in [5.41, 5.74) is 42.4. The van der Waals surface area contributed by atoms with Gasteiger partial charge in [0, 0.05) is 79.6 Å². The molecule has 0 aliphatic heterocycles. The summed E-state index contributed by atoms with van der Waals surface area (Å²) < 4.78 is 5.65. The van der Waals surface area contributed by atoms with Gasteiger partial charge in [0.1, 0.15) is 35.8 Å². The Bertz CT molecular complexity index is 2890. The first-order valence-electron chi connectivity index (χ1n) is 25.6. The van der Waals surface area contributed by atoms with Gasteiger partial charge >= 0.3 is 6.09 Å². The fraction of sp³-hybridized carbons (Fsp3) is 0.415. The lowest BCUT2D eigenvalue weighted by Crippen LogP contribution is -2.62. The minimum absolute atomic E-state index is 0.00174. The summed E-state index contributed by atoms with van der Waals surface area (Å²) in [7, 11) is 0. The highest BCUT2D eigenvalue weighted by atomic mass is 16.6. The Morgan fingerprint density at radius 1 is 0.577 bits per heavy atom. The van der Waals surface area contributed by atoms with Gasteiger partial charge in [0.05, 0.1) is 12.6 Å². The van der Waals surface area contributed by atoms with Gasteiger partial charge in [-0.3, -0.25) is 38.8 Å². The van der Waals surface area contributed by atoms with Crippen LogP contribution in [0.4, 0.5) is 4.79 Å². The van der Waals surface area contributed by atoms with Crippen molar-refractivity contribution in [1.82, 2.24) is 41.5 Å². The number of aliphatic imine (C=N–C) groups is 2. The number of carbonyl (C=O) groups is 7. The third-order valence-electron chi connectivity index (χ3n) is 12.4. The van der Waals surface area contributed by atoms with Gasteiger partial charge in [-0.2, -0.15) is 0 Å². The summed E-state index contributed by atoms with van der Waals surface area (Å²) in [6, 6.07) is 15.3. The van der Waals surface area contributed by atoms with Crippen molar-refractivity contribution < 1.29 is 38.3 Å². The first kappa shape index (κ1) is 60.2. The fourth-order valence-electron chi connectivity index (χ4n) is 8.48. The number of hydrogen-bond donors (Lipinski definition) is 14. The lowest BCUT2D eigenvalue weighted by molar-refractivity contribution is -0.135. The van der Waals surface area contributed by atoms with E-state index in [1.807, 2.05) is 42.5 Å². The summed E-state index contributed by atoms with van der Waals surface area (Å²) in [4.78, 5) is 115. The Morgan fingerprint density at radius 3 is 1.53 bits per heavy atom. The van der Waals surface area contributed by atoms with E-state index >= 15 is 9.59 Å². The monoisotopic (exact) mass is 1080 g/mol. The lowest BCUT2D eigenvalue weighted by atomic mass is 10.0. The number of H-pyrrole nitrogens is 2. The smallest absolute Gasteiger partial charge is 0.410 e. The number of aromatic nitrogens is 2. The molecular weight excluding hydrogens is 1000 g/mol. The molecule has 25 nitrogen and oxygen atoms in total. The van der Waals surface area contributed by atoms with Crippen molar-refractivity contribution in [1.29, 1.82) is 0 Å². The average Bonchev–Trinajstić information content (AvgIpc) is 4.02. The largest absolute Gasteiger partial charge is 0.444 e. The number of nitrogens with two attached hydrogens (primary N) is 7. The summed E-state index contributed by atoms with van der Waals surface area (Å²) in [6.07, 6.45) is 3.02. The second-order valence-corrected chi connectivity index (χ2v) is 19.7. The van der Waals surface area contributed by atoms with E-state index in [-0.39, 0.29) is 76.6 Å². The van der Waals surface area contributed by atoms with Crippen molar-refractivity contribution in [3.63, 3.8) is 0 Å². The minimum Gasteiger partial charge on any atom is -0.444 e. The number of hydrogen-bond acceptors (Lipinski definition) is 12. The minimum atomic E-state index is -1.60. The standard InChI is InChI=1S/C53H75N17O8/c1-53(2,3)78-52(77)70(24-21-54)30-43(49(76)66-40(44(56)71)25-31-13-5-4-6-14-31)69-48(75)42(27-33-29-64-38-19-10-8-16-35(33)38)68-47(74)41(26-32-28-63-37-18-9-7-15-34(32)37)67-46(73)39(20-12-23-62-51(59)60)65-45(72)36(55)17-11-22-61-50(57)58/h4-10,13-16,18-19,28-29,36,39-43,63-64H,11-12,17,20-27,30,54-55H2,1-3H3,(H2,56,71)(H,65,72)(H,66,76)(H,67,73)(H,68,74)(H,69,75)(H4,57,58,61)(H4,59,60,62)/t36-,39-,40-,41-,42-,43-/m0/s1. The van der Waals surface area contributed by atoms with Crippen molar-refractivity contribution in [2.45, 2.75) is 108 Å². The summed E-state index contributed by atoms with van der Waals surface area (Å²) in [6.45, 7) is 4.63. The molecule has 5 aromatic rings. The average molecular weight is 1080 g/mol. The quantitative estimate of drug-likeness (QED) is 0.0159. The Labute approximate surface area is 452 Å². The normalized spacial score (nSPS) is 13.6. The third-order valence-corrected chi connectivity index (χ3v) is 12.4. The predicted molar refractivity (Wildman–Crippen MR) is 298 cm³/mol. The maximum atomic E-state index is 15.1. The molecule has 0 bridgehead atoms. The Balaban J connectivity index is 1.53. The zero-order valence-electron chi connectivity index (χ0n) is 44.3. The first-order chi connectivity index (χ1) is 37.1. The number of amides is 7. The zero-order valence-corrected chi connectivity index (χ0v) is 44.3. The van der Waals surface area contributed by atoms with E-state index in [0.717, 1.165) is 26.7 Å². The topological polar surface area (TPSA) is 431 Å². The van der Waals surface area contributed by atoms with Crippen LogP contribution in [-0.4, -0.2) is 143 Å². The molecule has 0 fully saturated rings.